The van der Waals surface area contributed by atoms with Crippen LogP contribution in [0.25, 0.3) is 16.9 Å². The van der Waals surface area contributed by atoms with Crippen LogP contribution in [0.4, 0.5) is 4.39 Å². The maximum Gasteiger partial charge on any atom is 0.184 e. The van der Waals surface area contributed by atoms with Gasteiger partial charge in [0.25, 0.3) is 0 Å². The lowest BCUT2D eigenvalue weighted by Crippen LogP contribution is -1.95. The molecule has 0 unspecified atom stereocenters. The fourth-order valence-corrected chi connectivity index (χ4v) is 2.46. The number of nitrogens with one attached hydrogen (secondary N) is 1. The highest BCUT2D eigenvalue weighted by Gasteiger charge is 2.08. The van der Waals surface area contributed by atoms with Crippen LogP contribution in [-0.4, -0.2) is 14.5 Å². The van der Waals surface area contributed by atoms with Crippen molar-refractivity contribution in [2.45, 2.75) is 0 Å². The molecule has 0 aliphatic carbocycles. The highest BCUT2D eigenvalue weighted by atomic mass is 79.9. The Labute approximate surface area is 115 Å². The molecule has 0 atom stereocenters. The van der Waals surface area contributed by atoms with Crippen LogP contribution in [0.15, 0.2) is 41.0 Å². The molecule has 0 saturated carbocycles. The molecule has 0 radical (unpaired) electrons. The van der Waals surface area contributed by atoms with Gasteiger partial charge < -0.3 is 4.98 Å². The van der Waals surface area contributed by atoms with E-state index in [-0.39, 0.29) is 5.82 Å². The fourth-order valence-electron chi connectivity index (χ4n) is 1.82. The number of hydrogen-bond acceptors (Lipinski definition) is 2. The Kier molecular flexibility index (Phi) is 2.76. The van der Waals surface area contributed by atoms with Gasteiger partial charge in [-0.3, -0.25) is 4.57 Å². The molecular weight excluding hydrogens is 317 g/mol. The Hall–Kier alpha value is -1.53. The highest BCUT2D eigenvalue weighted by Crippen LogP contribution is 2.20. The van der Waals surface area contributed by atoms with Crippen molar-refractivity contribution in [3.63, 3.8) is 0 Å². The van der Waals surface area contributed by atoms with Crippen LogP contribution in [0.1, 0.15) is 0 Å². The van der Waals surface area contributed by atoms with Gasteiger partial charge in [-0.1, -0.05) is 6.07 Å². The van der Waals surface area contributed by atoms with E-state index in [2.05, 4.69) is 25.9 Å². The molecule has 6 heteroatoms. The monoisotopic (exact) mass is 323 g/mol. The standard InChI is InChI=1S/C12H7BrFN3S/c13-7-4-10-11(15-6-7)17(12(18)16-10)9-3-1-2-8(14)5-9/h1-6H,(H,16,18). The number of hydrogen-bond donors (Lipinski definition) is 1. The molecule has 1 aromatic carbocycles. The second-order valence-electron chi connectivity index (χ2n) is 3.77. The summed E-state index contributed by atoms with van der Waals surface area (Å²) in [6.45, 7) is 0. The Balaban J connectivity index is 2.35. The Morgan fingerprint density at radius 2 is 2.17 bits per heavy atom. The first kappa shape index (κ1) is 11.6. The number of nitrogens with zero attached hydrogens (tertiary/aromatic N) is 2. The second-order valence-corrected chi connectivity index (χ2v) is 5.07. The van der Waals surface area contributed by atoms with E-state index < -0.39 is 0 Å². The van der Waals surface area contributed by atoms with Crippen molar-refractivity contribution in [1.29, 1.82) is 0 Å². The van der Waals surface area contributed by atoms with Crippen molar-refractivity contribution in [1.82, 2.24) is 14.5 Å². The van der Waals surface area contributed by atoms with Gasteiger partial charge in [0.2, 0.25) is 0 Å². The molecule has 0 amide bonds. The van der Waals surface area contributed by atoms with Gasteiger partial charge in [-0.2, -0.15) is 0 Å². The number of benzene rings is 1. The summed E-state index contributed by atoms with van der Waals surface area (Å²) in [5, 5.41) is 0. The summed E-state index contributed by atoms with van der Waals surface area (Å²) in [6.07, 6.45) is 1.68. The van der Waals surface area contributed by atoms with Crippen LogP contribution < -0.4 is 0 Å². The molecule has 0 bridgehead atoms. The molecule has 2 aromatic heterocycles. The second kappa shape index (κ2) is 4.29. The molecule has 0 saturated heterocycles. The quantitative estimate of drug-likeness (QED) is 0.687. The van der Waals surface area contributed by atoms with Crippen molar-refractivity contribution in [3.05, 3.63) is 51.6 Å². The number of aromatic amines is 1. The zero-order chi connectivity index (χ0) is 12.7. The minimum atomic E-state index is -0.305. The van der Waals surface area contributed by atoms with Gasteiger partial charge in [-0.15, -0.1) is 0 Å². The summed E-state index contributed by atoms with van der Waals surface area (Å²) in [5.41, 5.74) is 2.13. The molecule has 0 aliphatic rings. The number of pyridine rings is 1. The lowest BCUT2D eigenvalue weighted by Gasteiger charge is -2.03. The van der Waals surface area contributed by atoms with Crippen LogP contribution in [0.5, 0.6) is 0 Å². The van der Waals surface area contributed by atoms with Crippen molar-refractivity contribution >= 4 is 39.3 Å². The average molecular weight is 324 g/mol. The van der Waals surface area contributed by atoms with E-state index in [9.17, 15) is 4.39 Å². The summed E-state index contributed by atoms with van der Waals surface area (Å²) in [6, 6.07) is 8.13. The molecule has 18 heavy (non-hydrogen) atoms. The minimum Gasteiger partial charge on any atom is -0.329 e. The summed E-state index contributed by atoms with van der Waals surface area (Å²) in [7, 11) is 0. The van der Waals surface area contributed by atoms with Gasteiger partial charge in [0.1, 0.15) is 5.82 Å². The van der Waals surface area contributed by atoms with Gasteiger partial charge in [-0.05, 0) is 52.4 Å². The largest absolute Gasteiger partial charge is 0.329 e. The predicted molar refractivity (Wildman–Crippen MR) is 73.9 cm³/mol. The number of aromatic nitrogens is 3. The van der Waals surface area contributed by atoms with Gasteiger partial charge >= 0.3 is 0 Å². The van der Waals surface area contributed by atoms with E-state index in [0.29, 0.717) is 16.1 Å². The van der Waals surface area contributed by atoms with E-state index in [1.54, 1.807) is 22.9 Å². The van der Waals surface area contributed by atoms with Gasteiger partial charge in [0.15, 0.2) is 10.4 Å². The lowest BCUT2D eigenvalue weighted by atomic mass is 10.3. The fraction of sp³-hybridized carbons (Fsp3) is 0. The van der Waals surface area contributed by atoms with E-state index >= 15 is 0 Å². The molecule has 90 valence electrons. The first-order valence-corrected chi connectivity index (χ1v) is 6.37. The number of imidazole rings is 1. The van der Waals surface area contributed by atoms with Crippen molar-refractivity contribution in [2.24, 2.45) is 0 Å². The van der Waals surface area contributed by atoms with Crippen molar-refractivity contribution in [3.8, 4) is 5.69 Å². The zero-order valence-corrected chi connectivity index (χ0v) is 11.4. The van der Waals surface area contributed by atoms with Gasteiger partial charge in [0.05, 0.1) is 11.2 Å². The molecule has 3 nitrogen and oxygen atoms in total. The Morgan fingerprint density at radius 1 is 1.33 bits per heavy atom. The number of halogens is 2. The molecule has 0 spiro atoms. The third-order valence-corrected chi connectivity index (χ3v) is 3.27. The normalized spacial score (nSPS) is 11.0. The Morgan fingerprint density at radius 3 is 2.94 bits per heavy atom. The molecule has 3 aromatic rings. The SMILES string of the molecule is Fc1cccc(-n2c(=S)[nH]c3cc(Br)cnc32)c1. The molecule has 3 rings (SSSR count). The molecule has 1 N–H and O–H groups in total. The Bertz CT molecular complexity index is 793. The van der Waals surface area contributed by atoms with Crippen LogP contribution in [0.3, 0.4) is 0 Å². The predicted octanol–water partition coefficient (Wildman–Crippen LogP) is 3.98. The maximum absolute atomic E-state index is 13.3. The lowest BCUT2D eigenvalue weighted by molar-refractivity contribution is 0.626. The summed E-state index contributed by atoms with van der Waals surface area (Å²) in [4.78, 5) is 7.35. The minimum absolute atomic E-state index is 0.305. The summed E-state index contributed by atoms with van der Waals surface area (Å²) >= 11 is 8.60. The first-order valence-electron chi connectivity index (χ1n) is 5.17. The van der Waals surface area contributed by atoms with Crippen LogP contribution in [0, 0.1) is 10.6 Å². The van der Waals surface area contributed by atoms with Crippen LogP contribution in [-0.2, 0) is 0 Å². The molecule has 0 aliphatic heterocycles. The van der Waals surface area contributed by atoms with Gasteiger partial charge in [0, 0.05) is 10.7 Å². The van der Waals surface area contributed by atoms with E-state index in [1.165, 1.54) is 12.1 Å². The highest BCUT2D eigenvalue weighted by molar-refractivity contribution is 9.10. The molecular formula is C12H7BrFN3S. The third kappa shape index (κ3) is 1.87. The van der Waals surface area contributed by atoms with Crippen LogP contribution >= 0.6 is 28.1 Å². The maximum atomic E-state index is 13.3. The number of fused-ring (bicyclic) bond motifs is 1. The van der Waals surface area contributed by atoms with Crippen molar-refractivity contribution in [2.75, 3.05) is 0 Å². The third-order valence-electron chi connectivity index (χ3n) is 2.56. The van der Waals surface area contributed by atoms with Crippen molar-refractivity contribution < 1.29 is 4.39 Å². The number of rotatable bonds is 1. The summed E-state index contributed by atoms with van der Waals surface area (Å²) < 4.78 is 16.3. The number of H-pyrrole nitrogens is 1. The molecule has 0 fully saturated rings. The summed E-state index contributed by atoms with van der Waals surface area (Å²) in [5.74, 6) is -0.305. The van der Waals surface area contributed by atoms with Gasteiger partial charge in [-0.25, -0.2) is 9.37 Å². The smallest absolute Gasteiger partial charge is 0.184 e. The molecule has 2 heterocycles. The van der Waals surface area contributed by atoms with E-state index in [1.807, 2.05) is 6.07 Å². The topological polar surface area (TPSA) is 33.6 Å². The zero-order valence-electron chi connectivity index (χ0n) is 9.02. The van der Waals surface area contributed by atoms with Crippen LogP contribution in [0.2, 0.25) is 0 Å². The van der Waals surface area contributed by atoms with E-state index in [4.69, 9.17) is 12.2 Å². The first-order chi connectivity index (χ1) is 8.65. The average Bonchev–Trinajstić information content (AvgIpc) is 2.64. The van der Waals surface area contributed by atoms with E-state index in [0.717, 1.165) is 9.99 Å².